The number of hydrogen-bond acceptors (Lipinski definition) is 8. The lowest BCUT2D eigenvalue weighted by molar-refractivity contribution is -0.140. The minimum absolute atomic E-state index is 0.0991. The average Bonchev–Trinajstić information content (AvgIpc) is 3.18. The van der Waals surface area contributed by atoms with Crippen LogP contribution >= 0.6 is 11.8 Å². The van der Waals surface area contributed by atoms with Gasteiger partial charge in [-0.3, -0.25) is 25.1 Å². The number of benzene rings is 1. The van der Waals surface area contributed by atoms with E-state index in [1.807, 2.05) is 31.2 Å². The molecular weight excluding hydrogens is 432 g/mol. The van der Waals surface area contributed by atoms with E-state index in [0.717, 1.165) is 16.0 Å². The molecule has 32 heavy (non-hydrogen) atoms. The molecule has 2 saturated heterocycles. The van der Waals surface area contributed by atoms with Crippen molar-refractivity contribution in [3.63, 3.8) is 0 Å². The Kier molecular flexibility index (Phi) is 6.22. The third-order valence-corrected chi connectivity index (χ3v) is 6.96. The number of amides is 4. The number of aryl methyl sites for hydroxylation is 2. The first-order valence-corrected chi connectivity index (χ1v) is 11.3. The van der Waals surface area contributed by atoms with Crippen molar-refractivity contribution < 1.29 is 18.9 Å². The van der Waals surface area contributed by atoms with Crippen LogP contribution in [0.2, 0.25) is 0 Å². The van der Waals surface area contributed by atoms with Crippen molar-refractivity contribution >= 4 is 35.4 Å². The lowest BCUT2D eigenvalue weighted by Crippen LogP contribution is -2.72. The van der Waals surface area contributed by atoms with Gasteiger partial charge in [0, 0.05) is 20.2 Å². The quantitative estimate of drug-likeness (QED) is 0.619. The fourth-order valence-corrected chi connectivity index (χ4v) is 5.17. The second kappa shape index (κ2) is 8.93. The summed E-state index contributed by atoms with van der Waals surface area (Å²) in [4.78, 5) is 40.7. The first-order valence-electron chi connectivity index (χ1n) is 10.2. The number of carbonyl (C=O) groups is 3. The highest BCUT2D eigenvalue weighted by Gasteiger charge is 2.51. The minimum Gasteiger partial charge on any atom is -0.360 e. The van der Waals surface area contributed by atoms with E-state index in [1.54, 1.807) is 24.9 Å². The Morgan fingerprint density at radius 1 is 1.22 bits per heavy atom. The molecule has 2 aliphatic heterocycles. The van der Waals surface area contributed by atoms with E-state index >= 15 is 0 Å². The molecule has 0 spiro atoms. The highest BCUT2D eigenvalue weighted by atomic mass is 32.2. The SMILES string of the molecule is Cc1cc(NC(=O)CSC2NC(c3ccccc3C)NC3C2C(=O)N(C)C(=O)N3C)no1. The molecule has 4 rings (SSSR count). The predicted molar refractivity (Wildman–Crippen MR) is 120 cm³/mol. The second-order valence-electron chi connectivity index (χ2n) is 7.99. The number of thioether (sulfide) groups is 1. The highest BCUT2D eigenvalue weighted by molar-refractivity contribution is 8.00. The normalized spacial score (nSPS) is 25.6. The molecule has 0 bridgehead atoms. The summed E-state index contributed by atoms with van der Waals surface area (Å²) in [7, 11) is 3.16. The summed E-state index contributed by atoms with van der Waals surface area (Å²) in [6.07, 6.45) is -0.793. The molecule has 0 radical (unpaired) electrons. The van der Waals surface area contributed by atoms with Crippen LogP contribution in [-0.4, -0.2) is 64.2 Å². The van der Waals surface area contributed by atoms with Crippen LogP contribution in [0.5, 0.6) is 0 Å². The van der Waals surface area contributed by atoms with E-state index in [2.05, 4.69) is 21.1 Å². The number of carbonyl (C=O) groups excluding carboxylic acids is 3. The van der Waals surface area contributed by atoms with E-state index in [4.69, 9.17) is 4.52 Å². The van der Waals surface area contributed by atoms with Crippen LogP contribution in [-0.2, 0) is 9.59 Å². The van der Waals surface area contributed by atoms with Crippen molar-refractivity contribution in [2.75, 3.05) is 25.2 Å². The van der Waals surface area contributed by atoms with Crippen molar-refractivity contribution in [2.24, 2.45) is 5.92 Å². The largest absolute Gasteiger partial charge is 0.360 e. The van der Waals surface area contributed by atoms with Crippen molar-refractivity contribution in [1.82, 2.24) is 25.6 Å². The molecule has 3 heterocycles. The maximum atomic E-state index is 13.0. The van der Waals surface area contributed by atoms with Gasteiger partial charge in [0.25, 0.3) is 0 Å². The summed E-state index contributed by atoms with van der Waals surface area (Å²) in [5.74, 6) is -0.0570. The zero-order valence-electron chi connectivity index (χ0n) is 18.3. The Morgan fingerprint density at radius 2 is 1.97 bits per heavy atom. The first kappa shape index (κ1) is 22.3. The van der Waals surface area contributed by atoms with E-state index in [-0.39, 0.29) is 29.8 Å². The third-order valence-electron chi connectivity index (χ3n) is 5.75. The number of fused-ring (bicyclic) bond motifs is 1. The molecule has 1 aromatic carbocycles. The molecule has 2 aromatic rings. The summed E-state index contributed by atoms with van der Waals surface area (Å²) < 4.78 is 4.97. The number of hydrogen-bond donors (Lipinski definition) is 3. The zero-order valence-corrected chi connectivity index (χ0v) is 19.1. The topological polar surface area (TPSA) is 120 Å². The summed E-state index contributed by atoms with van der Waals surface area (Å²) >= 11 is 1.32. The Balaban J connectivity index is 1.55. The maximum absolute atomic E-state index is 13.0. The second-order valence-corrected chi connectivity index (χ2v) is 9.12. The van der Waals surface area contributed by atoms with Gasteiger partial charge in [-0.15, -0.1) is 11.8 Å². The molecule has 10 nitrogen and oxygen atoms in total. The maximum Gasteiger partial charge on any atom is 0.327 e. The van der Waals surface area contributed by atoms with Gasteiger partial charge in [0.2, 0.25) is 11.8 Å². The van der Waals surface area contributed by atoms with Crippen molar-refractivity contribution in [3.8, 4) is 0 Å². The number of anilines is 1. The average molecular weight is 459 g/mol. The molecule has 4 amide bonds. The van der Waals surface area contributed by atoms with Crippen LogP contribution in [0.1, 0.15) is 23.1 Å². The third kappa shape index (κ3) is 4.23. The molecule has 0 saturated carbocycles. The highest BCUT2D eigenvalue weighted by Crippen LogP contribution is 2.35. The molecule has 4 unspecified atom stereocenters. The van der Waals surface area contributed by atoms with Crippen molar-refractivity contribution in [1.29, 1.82) is 0 Å². The van der Waals surface area contributed by atoms with Gasteiger partial charge in [-0.2, -0.15) is 0 Å². The number of aromatic nitrogens is 1. The number of urea groups is 1. The van der Waals surface area contributed by atoms with E-state index < -0.39 is 17.5 Å². The van der Waals surface area contributed by atoms with Gasteiger partial charge >= 0.3 is 6.03 Å². The molecule has 2 fully saturated rings. The Morgan fingerprint density at radius 3 is 2.66 bits per heavy atom. The molecule has 11 heteroatoms. The molecule has 0 aliphatic carbocycles. The van der Waals surface area contributed by atoms with Gasteiger partial charge in [-0.25, -0.2) is 4.79 Å². The molecule has 4 atom stereocenters. The minimum atomic E-state index is -0.560. The number of imide groups is 1. The summed E-state index contributed by atoms with van der Waals surface area (Å²) in [5.41, 5.74) is 2.10. The van der Waals surface area contributed by atoms with Gasteiger partial charge in [-0.1, -0.05) is 29.4 Å². The smallest absolute Gasteiger partial charge is 0.327 e. The van der Waals surface area contributed by atoms with E-state index in [1.165, 1.54) is 18.8 Å². The van der Waals surface area contributed by atoms with E-state index in [0.29, 0.717) is 11.6 Å². The van der Waals surface area contributed by atoms with Gasteiger partial charge in [0.05, 0.1) is 29.4 Å². The van der Waals surface area contributed by atoms with Crippen molar-refractivity contribution in [2.45, 2.75) is 31.6 Å². The first-order chi connectivity index (χ1) is 15.3. The van der Waals surface area contributed by atoms with Gasteiger partial charge in [0.1, 0.15) is 5.76 Å². The number of nitrogens with zero attached hydrogens (tertiary/aromatic N) is 3. The van der Waals surface area contributed by atoms with Crippen LogP contribution in [0.3, 0.4) is 0 Å². The van der Waals surface area contributed by atoms with Gasteiger partial charge < -0.3 is 14.7 Å². The summed E-state index contributed by atoms with van der Waals surface area (Å²) in [5, 5.41) is 12.9. The number of rotatable bonds is 5. The van der Waals surface area contributed by atoms with E-state index in [9.17, 15) is 14.4 Å². The van der Waals surface area contributed by atoms with Gasteiger partial charge in [-0.05, 0) is 25.0 Å². The Bertz CT molecular complexity index is 1040. The Labute approximate surface area is 190 Å². The van der Waals surface area contributed by atoms with Crippen LogP contribution in [0.25, 0.3) is 0 Å². The lowest BCUT2D eigenvalue weighted by atomic mass is 9.95. The fourth-order valence-electron chi connectivity index (χ4n) is 4.06. The molecule has 2 aliphatic rings. The van der Waals surface area contributed by atoms with Crippen LogP contribution in [0, 0.1) is 19.8 Å². The molecule has 1 aromatic heterocycles. The lowest BCUT2D eigenvalue weighted by Gasteiger charge is -2.50. The zero-order chi connectivity index (χ0) is 23.0. The standard InChI is InChI=1S/C21H26N6O4S/c1-11-7-5-6-8-13(11)17-23-18-16(20(29)27(4)21(30)26(18)3)19(24-17)32-10-15(28)22-14-9-12(2)31-25-14/h5-9,16-19,23-24H,10H2,1-4H3,(H,22,25,28). The molecular formula is C21H26N6O4S. The van der Waals surface area contributed by atoms with Gasteiger partial charge in [0.15, 0.2) is 5.82 Å². The summed E-state index contributed by atoms with van der Waals surface area (Å²) in [6, 6.07) is 9.19. The van der Waals surface area contributed by atoms with Crippen LogP contribution in [0.15, 0.2) is 34.9 Å². The monoisotopic (exact) mass is 458 g/mol. The van der Waals surface area contributed by atoms with Crippen LogP contribution in [0.4, 0.5) is 10.6 Å². The fraction of sp³-hybridized carbons (Fsp3) is 0.429. The Hall–Kier alpha value is -2.89. The molecule has 170 valence electrons. The van der Waals surface area contributed by atoms with Crippen molar-refractivity contribution in [3.05, 3.63) is 47.2 Å². The molecule has 3 N–H and O–H groups in total. The number of nitrogens with one attached hydrogen (secondary N) is 3. The van der Waals surface area contributed by atoms with Crippen LogP contribution < -0.4 is 16.0 Å². The predicted octanol–water partition coefficient (Wildman–Crippen LogP) is 1.65. The summed E-state index contributed by atoms with van der Waals surface area (Å²) in [6.45, 7) is 3.75.